The van der Waals surface area contributed by atoms with Gasteiger partial charge in [0.05, 0.1) is 19.2 Å². The predicted molar refractivity (Wildman–Crippen MR) is 40.6 cm³/mol. The highest BCUT2D eigenvalue weighted by Crippen LogP contribution is 1.86. The van der Waals surface area contributed by atoms with Gasteiger partial charge in [-0.05, 0) is 0 Å². The molecule has 0 radical (unpaired) electrons. The number of carboxylic acid groups (broad SMARTS) is 1. The molecule has 0 aromatic heterocycles. The van der Waals surface area contributed by atoms with Gasteiger partial charge >= 0.3 is 0 Å². The van der Waals surface area contributed by atoms with Crippen molar-refractivity contribution >= 4 is 5.97 Å². The van der Waals surface area contributed by atoms with E-state index < -0.39 is 5.97 Å². The molecular formula is C8H15NO3. The number of ether oxygens (including phenoxy) is 1. The molecule has 0 aromatic rings. The molecule has 1 heterocycles. The Bertz CT molecular complexity index is 154. The van der Waals surface area contributed by atoms with Crippen LogP contribution in [0.1, 0.15) is 13.3 Å². The molecule has 1 atom stereocenters. The van der Waals surface area contributed by atoms with Crippen LogP contribution in [0.2, 0.25) is 0 Å². The van der Waals surface area contributed by atoms with Gasteiger partial charge in [-0.25, -0.2) is 0 Å². The Morgan fingerprint density at radius 2 is 2.17 bits per heavy atom. The largest absolute Gasteiger partial charge is 0.544 e. The maximum Gasteiger partial charge on any atom is 0.127 e. The third kappa shape index (κ3) is 2.19. The number of carboxylic acids is 1. The van der Waals surface area contributed by atoms with E-state index in [0.717, 1.165) is 18.0 Å². The fourth-order valence-corrected chi connectivity index (χ4v) is 1.60. The van der Waals surface area contributed by atoms with Gasteiger partial charge in [-0.15, -0.1) is 0 Å². The zero-order valence-corrected chi connectivity index (χ0v) is 7.34. The maximum absolute atomic E-state index is 10.7. The van der Waals surface area contributed by atoms with E-state index in [1.165, 1.54) is 0 Å². The van der Waals surface area contributed by atoms with E-state index in [9.17, 15) is 9.90 Å². The molecule has 1 fully saturated rings. The fraction of sp³-hybridized carbons (Fsp3) is 0.875. The van der Waals surface area contributed by atoms with Gasteiger partial charge in [0, 0.05) is 6.42 Å². The Kier molecular flexibility index (Phi) is 3.49. The summed E-state index contributed by atoms with van der Waals surface area (Å²) in [7, 11) is 0. The summed E-state index contributed by atoms with van der Waals surface area (Å²) in [5, 5.41) is 10.7. The lowest BCUT2D eigenvalue weighted by atomic mass is 10.2. The predicted octanol–water partition coefficient (Wildman–Crippen LogP) is -2.57. The fourth-order valence-electron chi connectivity index (χ4n) is 1.60. The quantitative estimate of drug-likeness (QED) is 0.510. The van der Waals surface area contributed by atoms with Crippen LogP contribution < -0.4 is 10.0 Å². The Labute approximate surface area is 72.1 Å². The first-order valence-corrected chi connectivity index (χ1v) is 4.39. The van der Waals surface area contributed by atoms with Gasteiger partial charge in [0.15, 0.2) is 0 Å². The van der Waals surface area contributed by atoms with E-state index >= 15 is 0 Å². The van der Waals surface area contributed by atoms with Gasteiger partial charge in [-0.1, -0.05) is 6.92 Å². The summed E-state index contributed by atoms with van der Waals surface area (Å²) in [6, 6.07) is -0.353. The Hall–Kier alpha value is -0.610. The smallest absolute Gasteiger partial charge is 0.127 e. The minimum Gasteiger partial charge on any atom is -0.544 e. The number of carbonyl (C=O) groups excluding carboxylic acids is 1. The zero-order chi connectivity index (χ0) is 8.97. The number of rotatable bonds is 3. The van der Waals surface area contributed by atoms with Crippen LogP contribution in [-0.2, 0) is 9.53 Å². The Morgan fingerprint density at radius 1 is 1.58 bits per heavy atom. The van der Waals surface area contributed by atoms with Crippen molar-refractivity contribution in [3.63, 3.8) is 0 Å². The van der Waals surface area contributed by atoms with Gasteiger partial charge in [0.1, 0.15) is 19.1 Å². The molecular weight excluding hydrogens is 158 g/mol. The summed E-state index contributed by atoms with van der Waals surface area (Å²) in [4.78, 5) is 11.7. The molecule has 0 amide bonds. The van der Waals surface area contributed by atoms with Crippen LogP contribution in [0.5, 0.6) is 0 Å². The number of hydrogen-bond acceptors (Lipinski definition) is 3. The van der Waals surface area contributed by atoms with E-state index in [0.29, 0.717) is 19.6 Å². The van der Waals surface area contributed by atoms with Crippen molar-refractivity contribution in [1.82, 2.24) is 0 Å². The van der Waals surface area contributed by atoms with Crippen LogP contribution in [0.4, 0.5) is 0 Å². The first kappa shape index (κ1) is 9.48. The standard InChI is InChI=1S/C8H15NO3/c1-2-7(8(10)11)9-3-5-12-6-4-9/h7H,2-6H2,1H3,(H,10,11)/t7-/m0/s1. The lowest BCUT2D eigenvalue weighted by Gasteiger charge is -2.31. The minimum atomic E-state index is -0.936. The highest BCUT2D eigenvalue weighted by atomic mass is 16.5. The van der Waals surface area contributed by atoms with E-state index in [4.69, 9.17) is 4.74 Å². The molecule has 0 aromatic carbocycles. The van der Waals surface area contributed by atoms with Gasteiger partial charge in [0.2, 0.25) is 0 Å². The number of quaternary nitrogens is 1. The van der Waals surface area contributed by atoms with Crippen molar-refractivity contribution in [1.29, 1.82) is 0 Å². The molecule has 0 unspecified atom stereocenters. The Morgan fingerprint density at radius 3 is 2.58 bits per heavy atom. The van der Waals surface area contributed by atoms with Crippen molar-refractivity contribution in [3.8, 4) is 0 Å². The topological polar surface area (TPSA) is 53.8 Å². The van der Waals surface area contributed by atoms with E-state index in [2.05, 4.69) is 0 Å². The Balaban J connectivity index is 2.46. The number of hydrogen-bond donors (Lipinski definition) is 1. The van der Waals surface area contributed by atoms with Crippen LogP contribution in [0.25, 0.3) is 0 Å². The highest BCUT2D eigenvalue weighted by molar-refractivity contribution is 5.69. The SMILES string of the molecule is CC[C@@H](C(=O)[O-])[NH+]1CCOCC1. The summed E-state index contributed by atoms with van der Waals surface area (Å²) in [5.41, 5.74) is 0. The van der Waals surface area contributed by atoms with Crippen molar-refractivity contribution in [2.45, 2.75) is 19.4 Å². The lowest BCUT2D eigenvalue weighted by Crippen LogP contribution is -3.19. The number of morpholine rings is 1. The molecule has 4 nitrogen and oxygen atoms in total. The molecule has 1 N–H and O–H groups in total. The third-order valence-corrected chi connectivity index (χ3v) is 2.32. The second-order valence-corrected chi connectivity index (χ2v) is 3.05. The summed E-state index contributed by atoms with van der Waals surface area (Å²) in [6.07, 6.45) is 0.637. The average Bonchev–Trinajstić information content (AvgIpc) is 2.07. The number of carbonyl (C=O) groups is 1. The monoisotopic (exact) mass is 173 g/mol. The van der Waals surface area contributed by atoms with Crippen LogP contribution in [-0.4, -0.2) is 38.3 Å². The van der Waals surface area contributed by atoms with Crippen molar-refractivity contribution in [2.24, 2.45) is 0 Å². The van der Waals surface area contributed by atoms with Crippen LogP contribution >= 0.6 is 0 Å². The first-order valence-electron chi connectivity index (χ1n) is 4.39. The first-order chi connectivity index (χ1) is 5.75. The number of nitrogens with one attached hydrogen (secondary N) is 1. The average molecular weight is 173 g/mol. The second kappa shape index (κ2) is 4.42. The van der Waals surface area contributed by atoms with Crippen LogP contribution in [0, 0.1) is 0 Å². The molecule has 1 aliphatic heterocycles. The van der Waals surface area contributed by atoms with Gasteiger partial charge in [0.25, 0.3) is 0 Å². The molecule has 0 spiro atoms. The molecule has 1 aliphatic rings. The molecule has 0 bridgehead atoms. The summed E-state index contributed by atoms with van der Waals surface area (Å²) < 4.78 is 5.14. The zero-order valence-electron chi connectivity index (χ0n) is 7.34. The molecule has 4 heteroatoms. The van der Waals surface area contributed by atoms with Gasteiger partial charge in [-0.3, -0.25) is 0 Å². The number of aliphatic carboxylic acids is 1. The maximum atomic E-state index is 10.7. The van der Waals surface area contributed by atoms with E-state index in [1.54, 1.807) is 0 Å². The van der Waals surface area contributed by atoms with Crippen molar-refractivity contribution in [3.05, 3.63) is 0 Å². The molecule has 70 valence electrons. The van der Waals surface area contributed by atoms with Crippen LogP contribution in [0.15, 0.2) is 0 Å². The molecule has 1 saturated heterocycles. The molecule has 0 aliphatic carbocycles. The van der Waals surface area contributed by atoms with Crippen molar-refractivity contribution < 1.29 is 19.5 Å². The van der Waals surface area contributed by atoms with Crippen molar-refractivity contribution in [2.75, 3.05) is 26.3 Å². The van der Waals surface area contributed by atoms with E-state index in [-0.39, 0.29) is 6.04 Å². The lowest BCUT2D eigenvalue weighted by molar-refractivity contribution is -0.926. The molecule has 0 saturated carbocycles. The summed E-state index contributed by atoms with van der Waals surface area (Å²) >= 11 is 0. The molecule has 1 rings (SSSR count). The van der Waals surface area contributed by atoms with Crippen LogP contribution in [0.3, 0.4) is 0 Å². The highest BCUT2D eigenvalue weighted by Gasteiger charge is 2.23. The normalized spacial score (nSPS) is 22.1. The third-order valence-electron chi connectivity index (χ3n) is 2.32. The summed E-state index contributed by atoms with van der Waals surface area (Å²) in [6.45, 7) is 4.78. The summed E-state index contributed by atoms with van der Waals surface area (Å²) in [5.74, 6) is -0.936. The van der Waals surface area contributed by atoms with Gasteiger partial charge < -0.3 is 19.5 Å². The second-order valence-electron chi connectivity index (χ2n) is 3.05. The van der Waals surface area contributed by atoms with Gasteiger partial charge in [-0.2, -0.15) is 0 Å². The molecule has 12 heavy (non-hydrogen) atoms. The van der Waals surface area contributed by atoms with E-state index in [1.807, 2.05) is 6.92 Å². The minimum absolute atomic E-state index is 0.353.